The van der Waals surface area contributed by atoms with Gasteiger partial charge in [0.05, 0.1) is 0 Å². The van der Waals surface area contributed by atoms with E-state index in [2.05, 4.69) is 174 Å². The van der Waals surface area contributed by atoms with Gasteiger partial charge in [0, 0.05) is 34.5 Å². The fourth-order valence-electron chi connectivity index (χ4n) is 7.18. The summed E-state index contributed by atoms with van der Waals surface area (Å²) in [7, 11) is 0. The van der Waals surface area contributed by atoms with Crippen molar-refractivity contribution in [3.8, 4) is 0 Å². The van der Waals surface area contributed by atoms with Crippen molar-refractivity contribution in [2.75, 3.05) is 9.80 Å². The standard InChI is InChI=1S/C44H38N2/c1-3-15-39(16-4-1)45(43-29-23-33-11-7-9-13-37(33)31-43)41-25-19-35(20-26-41)36-21-27-42(28-22-36)46(40-17-5-2-6-18-40)44-30-24-34-12-8-10-14-38(34)32-44/h1-5,7-16,19-21,23-27,29-32,40H,6,17-18,22,28H2. The minimum atomic E-state index is 0.491. The van der Waals surface area contributed by atoms with Gasteiger partial charge in [0.15, 0.2) is 0 Å². The summed E-state index contributed by atoms with van der Waals surface area (Å²) >= 11 is 0. The SMILES string of the molecule is C1=CCC(N(C2=CC=C(c3ccc(N(c4ccccc4)c4ccc5ccccc5c4)cc3)CC2)c2ccc3ccccc3c2)CC1. The molecule has 0 N–H and O–H groups in total. The molecule has 224 valence electrons. The third-order valence-corrected chi connectivity index (χ3v) is 9.56. The molecule has 6 aromatic carbocycles. The third-order valence-electron chi connectivity index (χ3n) is 9.56. The fourth-order valence-corrected chi connectivity index (χ4v) is 7.18. The number of para-hydroxylation sites is 1. The topological polar surface area (TPSA) is 6.48 Å². The van der Waals surface area contributed by atoms with E-state index in [9.17, 15) is 0 Å². The smallest absolute Gasteiger partial charge is 0.0468 e. The van der Waals surface area contributed by atoms with Crippen LogP contribution in [-0.2, 0) is 0 Å². The quantitative estimate of drug-likeness (QED) is 0.170. The van der Waals surface area contributed by atoms with Gasteiger partial charge in [-0.1, -0.05) is 109 Å². The maximum Gasteiger partial charge on any atom is 0.0468 e. The van der Waals surface area contributed by atoms with Gasteiger partial charge >= 0.3 is 0 Å². The summed E-state index contributed by atoms with van der Waals surface area (Å²) in [6, 6.07) is 51.3. The molecule has 2 heteroatoms. The highest BCUT2D eigenvalue weighted by atomic mass is 15.2. The van der Waals surface area contributed by atoms with Crippen LogP contribution in [0.25, 0.3) is 27.1 Å². The normalized spacial score (nSPS) is 16.2. The number of nitrogens with zero attached hydrogens (tertiary/aromatic N) is 2. The van der Waals surface area contributed by atoms with E-state index in [0.717, 1.165) is 42.7 Å². The summed E-state index contributed by atoms with van der Waals surface area (Å²) in [5.74, 6) is 0. The predicted octanol–water partition coefficient (Wildman–Crippen LogP) is 12.1. The number of rotatable bonds is 7. The Bertz CT molecular complexity index is 2080. The maximum absolute atomic E-state index is 2.63. The van der Waals surface area contributed by atoms with Gasteiger partial charge in [0.1, 0.15) is 0 Å². The number of allylic oxidation sites excluding steroid dienone is 5. The van der Waals surface area contributed by atoms with E-state index in [1.165, 1.54) is 50.5 Å². The van der Waals surface area contributed by atoms with E-state index in [0.29, 0.717) is 6.04 Å². The zero-order valence-corrected chi connectivity index (χ0v) is 26.1. The van der Waals surface area contributed by atoms with Crippen LogP contribution < -0.4 is 9.80 Å². The number of hydrogen-bond acceptors (Lipinski definition) is 2. The fraction of sp³-hybridized carbons (Fsp3) is 0.136. The largest absolute Gasteiger partial charge is 0.342 e. The second-order valence-electron chi connectivity index (χ2n) is 12.4. The van der Waals surface area contributed by atoms with Crippen molar-refractivity contribution in [3.63, 3.8) is 0 Å². The Hall–Kier alpha value is -5.34. The minimum absolute atomic E-state index is 0.491. The molecule has 0 saturated carbocycles. The van der Waals surface area contributed by atoms with Crippen molar-refractivity contribution in [2.45, 2.75) is 38.1 Å². The molecule has 0 amide bonds. The van der Waals surface area contributed by atoms with Gasteiger partial charge in [-0.3, -0.25) is 0 Å². The van der Waals surface area contributed by atoms with Crippen LogP contribution in [0.15, 0.2) is 170 Å². The first-order valence-corrected chi connectivity index (χ1v) is 16.6. The molecule has 0 radical (unpaired) electrons. The van der Waals surface area contributed by atoms with Gasteiger partial charge in [-0.05, 0) is 119 Å². The van der Waals surface area contributed by atoms with E-state index >= 15 is 0 Å². The van der Waals surface area contributed by atoms with E-state index in [-0.39, 0.29) is 0 Å². The average Bonchev–Trinajstić information content (AvgIpc) is 3.13. The van der Waals surface area contributed by atoms with Crippen LogP contribution in [0.4, 0.5) is 22.7 Å². The lowest BCUT2D eigenvalue weighted by molar-refractivity contribution is 0.566. The zero-order valence-electron chi connectivity index (χ0n) is 26.1. The third kappa shape index (κ3) is 5.63. The monoisotopic (exact) mass is 594 g/mol. The molecule has 2 aliphatic rings. The van der Waals surface area contributed by atoms with Crippen LogP contribution >= 0.6 is 0 Å². The molecule has 0 spiro atoms. The van der Waals surface area contributed by atoms with E-state index in [1.54, 1.807) is 0 Å². The van der Waals surface area contributed by atoms with Crippen LogP contribution in [0.3, 0.4) is 0 Å². The predicted molar refractivity (Wildman–Crippen MR) is 197 cm³/mol. The number of anilines is 4. The average molecular weight is 595 g/mol. The summed E-state index contributed by atoms with van der Waals surface area (Å²) in [6.07, 6.45) is 14.9. The van der Waals surface area contributed by atoms with Gasteiger partial charge in [0.2, 0.25) is 0 Å². The van der Waals surface area contributed by atoms with Crippen LogP contribution in [0.5, 0.6) is 0 Å². The molecule has 0 heterocycles. The Balaban J connectivity index is 1.10. The maximum atomic E-state index is 2.63. The molecule has 2 nitrogen and oxygen atoms in total. The summed E-state index contributed by atoms with van der Waals surface area (Å²) in [4.78, 5) is 4.98. The second kappa shape index (κ2) is 12.6. The molecule has 46 heavy (non-hydrogen) atoms. The lowest BCUT2D eigenvalue weighted by Gasteiger charge is -2.37. The van der Waals surface area contributed by atoms with Crippen molar-refractivity contribution in [1.29, 1.82) is 0 Å². The second-order valence-corrected chi connectivity index (χ2v) is 12.4. The van der Waals surface area contributed by atoms with E-state index in [4.69, 9.17) is 0 Å². The van der Waals surface area contributed by atoms with Gasteiger partial charge in [-0.25, -0.2) is 0 Å². The highest BCUT2D eigenvalue weighted by Crippen LogP contribution is 2.39. The molecule has 0 aromatic heterocycles. The molecule has 0 aliphatic heterocycles. The van der Waals surface area contributed by atoms with Crippen molar-refractivity contribution >= 4 is 49.9 Å². The molecule has 1 atom stereocenters. The molecular weight excluding hydrogens is 556 g/mol. The Morgan fingerprint density at radius 1 is 0.478 bits per heavy atom. The van der Waals surface area contributed by atoms with Gasteiger partial charge in [-0.2, -0.15) is 0 Å². The highest BCUT2D eigenvalue weighted by Gasteiger charge is 2.24. The van der Waals surface area contributed by atoms with Crippen molar-refractivity contribution < 1.29 is 0 Å². The lowest BCUT2D eigenvalue weighted by atomic mass is 9.92. The molecule has 8 rings (SSSR count). The van der Waals surface area contributed by atoms with Crippen LogP contribution in [0.2, 0.25) is 0 Å². The first-order valence-electron chi connectivity index (χ1n) is 16.6. The minimum Gasteiger partial charge on any atom is -0.342 e. The summed E-state index contributed by atoms with van der Waals surface area (Å²) in [6.45, 7) is 0. The van der Waals surface area contributed by atoms with Crippen LogP contribution in [-0.4, -0.2) is 6.04 Å². The molecule has 0 fully saturated rings. The molecule has 0 bridgehead atoms. The van der Waals surface area contributed by atoms with Crippen molar-refractivity contribution in [2.24, 2.45) is 0 Å². The number of fused-ring (bicyclic) bond motifs is 2. The van der Waals surface area contributed by atoms with Gasteiger partial charge < -0.3 is 9.80 Å². The van der Waals surface area contributed by atoms with Crippen LogP contribution in [0.1, 0.15) is 37.7 Å². The lowest BCUT2D eigenvalue weighted by Crippen LogP contribution is -2.35. The van der Waals surface area contributed by atoms with Gasteiger partial charge in [0.25, 0.3) is 0 Å². The Morgan fingerprint density at radius 3 is 1.74 bits per heavy atom. The van der Waals surface area contributed by atoms with Crippen LogP contribution in [0, 0.1) is 0 Å². The summed E-state index contributed by atoms with van der Waals surface area (Å²) < 4.78 is 0. The summed E-state index contributed by atoms with van der Waals surface area (Å²) in [5.41, 5.74) is 8.89. The molecule has 6 aromatic rings. The highest BCUT2D eigenvalue weighted by molar-refractivity contribution is 5.90. The molecular formula is C44H38N2. The molecule has 2 aliphatic carbocycles. The number of hydrogen-bond donors (Lipinski definition) is 0. The van der Waals surface area contributed by atoms with Crippen molar-refractivity contribution in [3.05, 3.63) is 175 Å². The zero-order chi connectivity index (χ0) is 30.7. The van der Waals surface area contributed by atoms with Gasteiger partial charge in [-0.15, -0.1) is 0 Å². The van der Waals surface area contributed by atoms with Crippen molar-refractivity contribution in [1.82, 2.24) is 0 Å². The molecule has 0 saturated heterocycles. The van der Waals surface area contributed by atoms with E-state index in [1.807, 2.05) is 0 Å². The first kappa shape index (κ1) is 28.2. The number of benzene rings is 6. The Morgan fingerprint density at radius 2 is 1.09 bits per heavy atom. The summed E-state index contributed by atoms with van der Waals surface area (Å²) in [5, 5.41) is 5.10. The Labute approximate surface area is 272 Å². The van der Waals surface area contributed by atoms with E-state index < -0.39 is 0 Å². The molecule has 1 unspecified atom stereocenters. The Kier molecular flexibility index (Phi) is 7.70. The first-order chi connectivity index (χ1) is 22.8.